The van der Waals surface area contributed by atoms with E-state index in [-0.39, 0.29) is 17.8 Å². The van der Waals surface area contributed by atoms with Crippen LogP contribution < -0.4 is 25.8 Å². The summed E-state index contributed by atoms with van der Waals surface area (Å²) >= 11 is 0. The van der Waals surface area contributed by atoms with Crippen molar-refractivity contribution in [3.8, 4) is 11.5 Å². The lowest BCUT2D eigenvalue weighted by Crippen LogP contribution is -2.41. The number of carbonyl (C=O) groups excluding carboxylic acids is 1. The van der Waals surface area contributed by atoms with Crippen molar-refractivity contribution in [3.63, 3.8) is 0 Å². The van der Waals surface area contributed by atoms with Gasteiger partial charge < -0.3 is 9.47 Å². The largest absolute Gasteiger partial charge is 0.497 e. The number of benzene rings is 2. The van der Waals surface area contributed by atoms with Gasteiger partial charge in [-0.05, 0) is 42.3 Å². The van der Waals surface area contributed by atoms with Crippen LogP contribution in [0.4, 0.5) is 4.39 Å². The number of halogens is 1. The van der Waals surface area contributed by atoms with Crippen LogP contribution in [0.2, 0.25) is 0 Å². The van der Waals surface area contributed by atoms with Gasteiger partial charge in [0.2, 0.25) is 0 Å². The summed E-state index contributed by atoms with van der Waals surface area (Å²) in [4.78, 5) is 12.3. The predicted molar refractivity (Wildman–Crippen MR) is 99.1 cm³/mol. The Morgan fingerprint density at radius 1 is 1.19 bits per heavy atom. The maximum Gasteiger partial charge on any atom is 0.258 e. The third-order valence-corrected chi connectivity index (χ3v) is 4.31. The number of nitrogens with one attached hydrogen (secondary N) is 3. The number of hydrazone groups is 1. The fraction of sp³-hybridized carbons (Fsp3) is 0.263. The van der Waals surface area contributed by atoms with Crippen molar-refractivity contribution in [3.05, 3.63) is 59.4 Å². The van der Waals surface area contributed by atoms with E-state index in [1.54, 1.807) is 44.6 Å². The Bertz CT molecular complexity index is 826. The summed E-state index contributed by atoms with van der Waals surface area (Å²) in [6, 6.07) is 11.0. The number of hydrogen-bond donors (Lipinski definition) is 3. The molecule has 2 aromatic carbocycles. The van der Waals surface area contributed by atoms with Crippen molar-refractivity contribution >= 4 is 12.1 Å². The molecule has 2 aromatic rings. The molecule has 7 nitrogen and oxygen atoms in total. The maximum atomic E-state index is 13.0. The van der Waals surface area contributed by atoms with E-state index in [0.29, 0.717) is 23.5 Å². The van der Waals surface area contributed by atoms with E-state index in [0.717, 1.165) is 5.56 Å². The number of rotatable bonds is 6. The van der Waals surface area contributed by atoms with Crippen LogP contribution in [0.1, 0.15) is 23.6 Å². The van der Waals surface area contributed by atoms with Crippen LogP contribution in [0.15, 0.2) is 47.6 Å². The molecule has 3 rings (SSSR count). The highest BCUT2D eigenvalue weighted by molar-refractivity contribution is 5.87. The molecule has 8 heteroatoms. The van der Waals surface area contributed by atoms with Crippen LogP contribution in [0.3, 0.4) is 0 Å². The summed E-state index contributed by atoms with van der Waals surface area (Å²) in [7, 11) is 3.13. The van der Waals surface area contributed by atoms with Gasteiger partial charge in [-0.2, -0.15) is 5.10 Å². The summed E-state index contributed by atoms with van der Waals surface area (Å²) in [6.45, 7) is 0. The van der Waals surface area contributed by atoms with Gasteiger partial charge >= 0.3 is 0 Å². The second-order valence-corrected chi connectivity index (χ2v) is 6.02. The van der Waals surface area contributed by atoms with Crippen molar-refractivity contribution in [1.82, 2.24) is 16.3 Å². The zero-order valence-electron chi connectivity index (χ0n) is 15.0. The highest BCUT2D eigenvalue weighted by Gasteiger charge is 2.30. The lowest BCUT2D eigenvalue weighted by molar-refractivity contribution is -0.122. The molecule has 0 saturated carbocycles. The van der Waals surface area contributed by atoms with Crippen molar-refractivity contribution in [2.75, 3.05) is 14.2 Å². The SMILES string of the molecule is COc1ccc(OC)c(/C=N\NC(=O)C2CC(c3ccc(F)cc3)NN2)c1. The second kappa shape index (κ2) is 8.61. The minimum Gasteiger partial charge on any atom is -0.497 e. The maximum absolute atomic E-state index is 13.0. The van der Waals surface area contributed by atoms with Gasteiger partial charge in [-0.15, -0.1) is 0 Å². The minimum atomic E-state index is -0.454. The third kappa shape index (κ3) is 4.60. The van der Waals surface area contributed by atoms with Crippen LogP contribution in [0.5, 0.6) is 11.5 Å². The van der Waals surface area contributed by atoms with Gasteiger partial charge in [0, 0.05) is 11.6 Å². The summed E-state index contributed by atoms with van der Waals surface area (Å²) in [5.41, 5.74) is 10.1. The summed E-state index contributed by atoms with van der Waals surface area (Å²) in [5.74, 6) is 0.713. The van der Waals surface area contributed by atoms with Crippen LogP contribution in [-0.4, -0.2) is 32.4 Å². The zero-order valence-corrected chi connectivity index (χ0v) is 15.0. The van der Waals surface area contributed by atoms with E-state index in [4.69, 9.17) is 9.47 Å². The first-order valence-electron chi connectivity index (χ1n) is 8.42. The molecule has 1 heterocycles. The van der Waals surface area contributed by atoms with Crippen molar-refractivity contribution < 1.29 is 18.7 Å². The molecule has 0 bridgehead atoms. The molecule has 0 aliphatic carbocycles. The number of carbonyl (C=O) groups is 1. The topological polar surface area (TPSA) is 84.0 Å². The summed E-state index contributed by atoms with van der Waals surface area (Å²) in [5, 5.41) is 4.00. The van der Waals surface area contributed by atoms with E-state index < -0.39 is 6.04 Å². The molecular weight excluding hydrogens is 351 g/mol. The smallest absolute Gasteiger partial charge is 0.258 e. The number of hydrazine groups is 1. The molecule has 3 N–H and O–H groups in total. The molecular formula is C19H21FN4O3. The molecule has 0 spiro atoms. The van der Waals surface area contributed by atoms with Gasteiger partial charge in [-0.25, -0.2) is 20.7 Å². The van der Waals surface area contributed by atoms with Gasteiger partial charge in [0.15, 0.2) is 0 Å². The Hall–Kier alpha value is -2.97. The highest BCUT2D eigenvalue weighted by Crippen LogP contribution is 2.23. The Labute approximate surface area is 156 Å². The Balaban J connectivity index is 1.58. The van der Waals surface area contributed by atoms with Crippen molar-refractivity contribution in [2.24, 2.45) is 5.10 Å². The monoisotopic (exact) mass is 372 g/mol. The molecule has 1 aliphatic rings. The summed E-state index contributed by atoms with van der Waals surface area (Å²) < 4.78 is 23.5. The van der Waals surface area contributed by atoms with E-state index in [9.17, 15) is 9.18 Å². The van der Waals surface area contributed by atoms with Gasteiger partial charge in [0.05, 0.1) is 20.4 Å². The van der Waals surface area contributed by atoms with E-state index in [1.807, 2.05) is 0 Å². The van der Waals surface area contributed by atoms with Crippen molar-refractivity contribution in [1.29, 1.82) is 0 Å². The number of amides is 1. The average Bonchev–Trinajstić information content (AvgIpc) is 3.18. The first-order chi connectivity index (χ1) is 13.1. The number of methoxy groups -OCH3 is 2. The molecule has 27 heavy (non-hydrogen) atoms. The lowest BCUT2D eigenvalue weighted by Gasteiger charge is -2.09. The Morgan fingerprint density at radius 3 is 2.67 bits per heavy atom. The van der Waals surface area contributed by atoms with Crippen molar-refractivity contribution in [2.45, 2.75) is 18.5 Å². The van der Waals surface area contributed by atoms with E-state index in [2.05, 4.69) is 21.4 Å². The Kier molecular flexibility index (Phi) is 6.00. The molecule has 2 atom stereocenters. The Morgan fingerprint density at radius 2 is 1.96 bits per heavy atom. The zero-order chi connectivity index (χ0) is 19.2. The van der Waals surface area contributed by atoms with Crippen LogP contribution in [0.25, 0.3) is 0 Å². The predicted octanol–water partition coefficient (Wildman–Crippen LogP) is 1.90. The first kappa shape index (κ1) is 18.8. The standard InChI is InChI=1S/C19H21FN4O3/c1-26-15-7-8-18(27-2)13(9-15)11-21-24-19(25)17-10-16(22-23-17)12-3-5-14(20)6-4-12/h3-9,11,16-17,22-23H,10H2,1-2H3,(H,24,25)/b21-11-. The van der Waals surface area contributed by atoms with Crippen LogP contribution in [0, 0.1) is 5.82 Å². The molecule has 2 unspecified atom stereocenters. The molecule has 142 valence electrons. The van der Waals surface area contributed by atoms with Gasteiger partial charge in [-0.3, -0.25) is 4.79 Å². The second-order valence-electron chi connectivity index (χ2n) is 6.02. The number of nitrogens with zero attached hydrogens (tertiary/aromatic N) is 1. The molecule has 1 fully saturated rings. The molecule has 0 radical (unpaired) electrons. The third-order valence-electron chi connectivity index (χ3n) is 4.31. The number of hydrogen-bond acceptors (Lipinski definition) is 6. The normalized spacial score (nSPS) is 19.2. The molecule has 1 amide bonds. The van der Waals surface area contributed by atoms with E-state index in [1.165, 1.54) is 18.3 Å². The molecule has 1 aliphatic heterocycles. The van der Waals surface area contributed by atoms with Gasteiger partial charge in [0.25, 0.3) is 5.91 Å². The van der Waals surface area contributed by atoms with Gasteiger partial charge in [-0.1, -0.05) is 12.1 Å². The quantitative estimate of drug-likeness (QED) is 0.533. The fourth-order valence-corrected chi connectivity index (χ4v) is 2.83. The molecule has 1 saturated heterocycles. The van der Waals surface area contributed by atoms with Gasteiger partial charge in [0.1, 0.15) is 23.4 Å². The lowest BCUT2D eigenvalue weighted by atomic mass is 10.0. The average molecular weight is 372 g/mol. The number of ether oxygens (including phenoxy) is 2. The molecule has 0 aromatic heterocycles. The van der Waals surface area contributed by atoms with Crippen LogP contribution in [-0.2, 0) is 4.79 Å². The van der Waals surface area contributed by atoms with Crippen LogP contribution >= 0.6 is 0 Å². The highest BCUT2D eigenvalue weighted by atomic mass is 19.1. The fourth-order valence-electron chi connectivity index (χ4n) is 2.83. The summed E-state index contributed by atoms with van der Waals surface area (Å²) in [6.07, 6.45) is 2.02. The van der Waals surface area contributed by atoms with E-state index >= 15 is 0 Å². The minimum absolute atomic E-state index is 0.0798. The first-order valence-corrected chi connectivity index (χ1v) is 8.42.